The number of carboxylic acids is 1. The molecule has 6 heteroatoms. The molecule has 0 fully saturated rings. The van der Waals surface area contributed by atoms with Crippen molar-refractivity contribution >= 4 is 16.9 Å². The van der Waals surface area contributed by atoms with Crippen molar-refractivity contribution in [2.75, 3.05) is 0 Å². The maximum atomic E-state index is 10.9. The third-order valence-corrected chi connectivity index (χ3v) is 5.10. The molecule has 0 saturated heterocycles. The van der Waals surface area contributed by atoms with Crippen LogP contribution in [0.4, 0.5) is 0 Å². The van der Waals surface area contributed by atoms with E-state index < -0.39 is 11.9 Å². The van der Waals surface area contributed by atoms with Crippen LogP contribution in [0.2, 0.25) is 0 Å². The predicted molar refractivity (Wildman–Crippen MR) is 117 cm³/mol. The molecule has 0 saturated carbocycles. The van der Waals surface area contributed by atoms with Crippen LogP contribution in [-0.2, 0) is 17.9 Å². The quantitative estimate of drug-likeness (QED) is 0.452. The Balaban J connectivity index is 1.41. The van der Waals surface area contributed by atoms with Gasteiger partial charge in [-0.15, -0.1) is 0 Å². The lowest BCUT2D eigenvalue weighted by atomic mass is 9.97. The molecular weight excluding hydrogens is 390 g/mol. The standard InChI is InChI=1S/C25H21N3O3/c26-14-21(13-25(29)30)20-7-9-23(10-8-20)31-17-19-6-11-24-22(12-19)15-27-28(24)16-18-4-2-1-3-5-18/h1-12,15,21H,13,16-17H2,(H,29,30). The third-order valence-electron chi connectivity index (χ3n) is 5.10. The molecule has 0 radical (unpaired) electrons. The van der Waals surface area contributed by atoms with Gasteiger partial charge >= 0.3 is 5.97 Å². The van der Waals surface area contributed by atoms with Crippen LogP contribution in [0.25, 0.3) is 10.9 Å². The fourth-order valence-corrected chi connectivity index (χ4v) is 3.48. The van der Waals surface area contributed by atoms with Crippen LogP contribution >= 0.6 is 0 Å². The summed E-state index contributed by atoms with van der Waals surface area (Å²) in [7, 11) is 0. The van der Waals surface area contributed by atoms with Gasteiger partial charge in [-0.1, -0.05) is 48.5 Å². The van der Waals surface area contributed by atoms with E-state index in [2.05, 4.69) is 29.4 Å². The third kappa shape index (κ3) is 4.90. The summed E-state index contributed by atoms with van der Waals surface area (Å²) in [5.74, 6) is -0.994. The Morgan fingerprint density at radius 2 is 1.84 bits per heavy atom. The molecule has 0 bridgehead atoms. The van der Waals surface area contributed by atoms with E-state index in [1.165, 1.54) is 5.56 Å². The maximum absolute atomic E-state index is 10.9. The molecular formula is C25H21N3O3. The molecule has 6 nitrogen and oxygen atoms in total. The summed E-state index contributed by atoms with van der Waals surface area (Å²) in [5.41, 5.74) is 3.96. The fourth-order valence-electron chi connectivity index (χ4n) is 3.48. The topological polar surface area (TPSA) is 88.1 Å². The van der Waals surface area contributed by atoms with E-state index >= 15 is 0 Å². The zero-order valence-electron chi connectivity index (χ0n) is 16.8. The average Bonchev–Trinajstić information content (AvgIpc) is 3.19. The van der Waals surface area contributed by atoms with Gasteiger partial charge in [0.25, 0.3) is 0 Å². The maximum Gasteiger partial charge on any atom is 0.305 e. The zero-order chi connectivity index (χ0) is 21.6. The Morgan fingerprint density at radius 1 is 1.06 bits per heavy atom. The number of rotatable bonds is 8. The number of carbonyl (C=O) groups is 1. The molecule has 1 heterocycles. The SMILES string of the molecule is N#CC(CC(=O)O)c1ccc(OCc2ccc3c(cnn3Cc3ccccc3)c2)cc1. The molecule has 0 aliphatic heterocycles. The largest absolute Gasteiger partial charge is 0.489 e. The van der Waals surface area contributed by atoms with Crippen LogP contribution in [0.5, 0.6) is 5.75 Å². The fraction of sp³-hybridized carbons (Fsp3) is 0.160. The van der Waals surface area contributed by atoms with Gasteiger partial charge < -0.3 is 9.84 Å². The van der Waals surface area contributed by atoms with E-state index in [9.17, 15) is 4.79 Å². The molecule has 3 aromatic carbocycles. The Kier molecular flexibility index (Phi) is 5.95. The highest BCUT2D eigenvalue weighted by atomic mass is 16.5. The van der Waals surface area contributed by atoms with Crippen LogP contribution < -0.4 is 4.74 Å². The number of nitriles is 1. The number of nitrogens with zero attached hydrogens (tertiary/aromatic N) is 3. The highest BCUT2D eigenvalue weighted by Crippen LogP contribution is 2.23. The molecule has 1 aromatic heterocycles. The van der Waals surface area contributed by atoms with E-state index in [1.807, 2.05) is 41.2 Å². The first-order valence-corrected chi connectivity index (χ1v) is 9.95. The molecule has 0 aliphatic rings. The van der Waals surface area contributed by atoms with Crippen molar-refractivity contribution in [3.8, 4) is 11.8 Å². The van der Waals surface area contributed by atoms with Gasteiger partial charge in [-0.05, 0) is 41.0 Å². The zero-order valence-corrected chi connectivity index (χ0v) is 16.8. The highest BCUT2D eigenvalue weighted by molar-refractivity contribution is 5.79. The number of fused-ring (bicyclic) bond motifs is 1. The summed E-state index contributed by atoms with van der Waals surface area (Å²) < 4.78 is 7.85. The number of aromatic nitrogens is 2. The number of benzene rings is 3. The van der Waals surface area contributed by atoms with Crippen molar-refractivity contribution in [3.63, 3.8) is 0 Å². The van der Waals surface area contributed by atoms with Crippen LogP contribution in [0.1, 0.15) is 29.0 Å². The second kappa shape index (κ2) is 9.14. The van der Waals surface area contributed by atoms with Gasteiger partial charge in [0.2, 0.25) is 0 Å². The molecule has 1 atom stereocenters. The Bertz CT molecular complexity index is 1220. The minimum absolute atomic E-state index is 0.214. The van der Waals surface area contributed by atoms with Gasteiger partial charge in [-0.3, -0.25) is 9.48 Å². The number of aliphatic carboxylic acids is 1. The number of hydrogen-bond donors (Lipinski definition) is 1. The van der Waals surface area contributed by atoms with Crippen LogP contribution in [-0.4, -0.2) is 20.9 Å². The molecule has 1 N–H and O–H groups in total. The highest BCUT2D eigenvalue weighted by Gasteiger charge is 2.14. The van der Waals surface area contributed by atoms with Crippen molar-refractivity contribution < 1.29 is 14.6 Å². The molecule has 4 rings (SSSR count). The van der Waals surface area contributed by atoms with E-state index in [0.717, 1.165) is 23.0 Å². The summed E-state index contributed by atoms with van der Waals surface area (Å²) in [6, 6.07) is 25.4. The monoisotopic (exact) mass is 411 g/mol. The van der Waals surface area contributed by atoms with Crippen LogP contribution in [0.15, 0.2) is 79.0 Å². The van der Waals surface area contributed by atoms with Crippen molar-refractivity contribution in [1.29, 1.82) is 5.26 Å². The smallest absolute Gasteiger partial charge is 0.305 e. The van der Waals surface area contributed by atoms with Gasteiger partial charge in [0, 0.05) is 5.39 Å². The molecule has 0 aliphatic carbocycles. The first-order valence-electron chi connectivity index (χ1n) is 9.95. The summed E-state index contributed by atoms with van der Waals surface area (Å²) in [4.78, 5) is 10.9. The number of ether oxygens (including phenoxy) is 1. The summed E-state index contributed by atoms with van der Waals surface area (Å²) in [6.45, 7) is 1.12. The molecule has 1 unspecified atom stereocenters. The van der Waals surface area contributed by atoms with Gasteiger partial charge in [-0.25, -0.2) is 0 Å². The summed E-state index contributed by atoms with van der Waals surface area (Å²) in [6.07, 6.45) is 1.65. The van der Waals surface area contributed by atoms with Crippen molar-refractivity contribution in [2.45, 2.75) is 25.5 Å². The first kappa shape index (κ1) is 20.2. The molecule has 0 amide bonds. The lowest BCUT2D eigenvalue weighted by molar-refractivity contribution is -0.137. The number of hydrogen-bond acceptors (Lipinski definition) is 4. The molecule has 0 spiro atoms. The molecule has 154 valence electrons. The lowest BCUT2D eigenvalue weighted by Gasteiger charge is -2.10. The minimum Gasteiger partial charge on any atom is -0.489 e. The number of carboxylic acid groups (broad SMARTS) is 1. The van der Waals surface area contributed by atoms with Crippen molar-refractivity contribution in [3.05, 3.63) is 95.7 Å². The van der Waals surface area contributed by atoms with Gasteiger partial charge in [0.05, 0.1) is 36.7 Å². The second-order valence-corrected chi connectivity index (χ2v) is 7.32. The van der Waals surface area contributed by atoms with Crippen LogP contribution in [0, 0.1) is 11.3 Å². The Morgan fingerprint density at radius 3 is 2.55 bits per heavy atom. The van der Waals surface area contributed by atoms with E-state index in [4.69, 9.17) is 15.1 Å². The second-order valence-electron chi connectivity index (χ2n) is 7.32. The summed E-state index contributed by atoms with van der Waals surface area (Å²) >= 11 is 0. The minimum atomic E-state index is -0.991. The Hall–Kier alpha value is -4.11. The molecule has 31 heavy (non-hydrogen) atoms. The van der Waals surface area contributed by atoms with E-state index in [0.29, 0.717) is 17.9 Å². The van der Waals surface area contributed by atoms with Crippen LogP contribution in [0.3, 0.4) is 0 Å². The van der Waals surface area contributed by atoms with E-state index in [-0.39, 0.29) is 6.42 Å². The first-order chi connectivity index (χ1) is 15.1. The summed E-state index contributed by atoms with van der Waals surface area (Å²) in [5, 5.41) is 23.6. The van der Waals surface area contributed by atoms with Gasteiger partial charge in [-0.2, -0.15) is 10.4 Å². The van der Waals surface area contributed by atoms with Gasteiger partial charge in [0.15, 0.2) is 0 Å². The van der Waals surface area contributed by atoms with Crippen molar-refractivity contribution in [1.82, 2.24) is 9.78 Å². The van der Waals surface area contributed by atoms with Gasteiger partial charge in [0.1, 0.15) is 12.4 Å². The molecule has 4 aromatic rings. The van der Waals surface area contributed by atoms with Crippen molar-refractivity contribution in [2.24, 2.45) is 0 Å². The normalized spacial score (nSPS) is 11.7. The Labute approximate surface area is 179 Å². The predicted octanol–water partition coefficient (Wildman–Crippen LogP) is 4.75. The van der Waals surface area contributed by atoms with E-state index in [1.54, 1.807) is 24.3 Å². The lowest BCUT2D eigenvalue weighted by Crippen LogP contribution is -2.04. The average molecular weight is 411 g/mol.